The molecule has 3 heterocycles. The Kier molecular flexibility index (Phi) is 5.70. The molecule has 4 saturated carbocycles. The van der Waals surface area contributed by atoms with Crippen LogP contribution in [-0.2, 0) is 6.18 Å². The number of fused-ring (bicyclic) bond motifs is 1. The number of benzene rings is 1. The molecule has 8 rings (SSSR count). The topological polar surface area (TPSA) is 63.0 Å². The van der Waals surface area contributed by atoms with Crippen molar-refractivity contribution in [1.29, 1.82) is 0 Å². The minimum atomic E-state index is -4.68. The van der Waals surface area contributed by atoms with Crippen LogP contribution >= 0.6 is 0 Å². The fraction of sp³-hybridized carbons (Fsp3) is 0.552. The van der Waals surface area contributed by atoms with Crippen LogP contribution in [0.25, 0.3) is 16.9 Å². The smallest absolute Gasteiger partial charge is 0.433 e. The van der Waals surface area contributed by atoms with Gasteiger partial charge in [0.25, 0.3) is 5.91 Å². The van der Waals surface area contributed by atoms with Crippen molar-refractivity contribution >= 4 is 11.6 Å². The normalized spacial score (nSPS) is 28.8. The summed E-state index contributed by atoms with van der Waals surface area (Å²) >= 11 is 0. The van der Waals surface area contributed by atoms with Gasteiger partial charge in [0.1, 0.15) is 11.3 Å². The molecule has 1 amide bonds. The molecule has 206 valence electrons. The van der Waals surface area contributed by atoms with Crippen molar-refractivity contribution in [3.63, 3.8) is 0 Å². The first-order valence-electron chi connectivity index (χ1n) is 13.9. The summed E-state index contributed by atoms with van der Waals surface area (Å²) in [6.45, 7) is 2.71. The quantitative estimate of drug-likeness (QED) is 0.459. The van der Waals surface area contributed by atoms with Gasteiger partial charge in [-0.3, -0.25) is 9.69 Å². The van der Waals surface area contributed by atoms with Crippen LogP contribution in [0.5, 0.6) is 5.75 Å². The summed E-state index contributed by atoms with van der Waals surface area (Å²) in [5.41, 5.74) is -0.120. The number of aromatic nitrogens is 3. The van der Waals surface area contributed by atoms with Crippen molar-refractivity contribution in [2.75, 3.05) is 33.3 Å². The first-order valence-corrected chi connectivity index (χ1v) is 13.9. The van der Waals surface area contributed by atoms with E-state index in [0.29, 0.717) is 24.4 Å². The molecule has 1 aromatic carbocycles. The molecule has 1 aliphatic heterocycles. The molecule has 7 nitrogen and oxygen atoms in total. The number of halogens is 3. The van der Waals surface area contributed by atoms with Crippen LogP contribution in [-0.4, -0.2) is 69.1 Å². The Labute approximate surface area is 224 Å². The van der Waals surface area contributed by atoms with Gasteiger partial charge in [0.15, 0.2) is 11.3 Å². The highest BCUT2D eigenvalue weighted by molar-refractivity contribution is 6.00. The number of carbonyl (C=O) groups excluding carboxylic acids is 1. The lowest BCUT2D eigenvalue weighted by atomic mass is 9.52. The van der Waals surface area contributed by atoms with E-state index in [1.807, 2.05) is 0 Å². The van der Waals surface area contributed by atoms with Crippen LogP contribution in [0.1, 0.15) is 54.6 Å². The third kappa shape index (κ3) is 4.18. The molecule has 39 heavy (non-hydrogen) atoms. The van der Waals surface area contributed by atoms with Gasteiger partial charge in [0.05, 0.1) is 19.0 Å². The maximum atomic E-state index is 14.1. The zero-order valence-electron chi connectivity index (χ0n) is 22.0. The number of ether oxygens (including phenoxy) is 1. The summed E-state index contributed by atoms with van der Waals surface area (Å²) in [5, 5.41) is 3.96. The Balaban J connectivity index is 1.17. The molecule has 4 bridgehead atoms. The van der Waals surface area contributed by atoms with Crippen molar-refractivity contribution in [1.82, 2.24) is 24.4 Å². The largest absolute Gasteiger partial charge is 0.497 e. The van der Waals surface area contributed by atoms with Crippen LogP contribution < -0.4 is 4.74 Å². The van der Waals surface area contributed by atoms with E-state index in [1.54, 1.807) is 29.2 Å². The Morgan fingerprint density at radius 3 is 2.28 bits per heavy atom. The third-order valence-electron chi connectivity index (χ3n) is 9.60. The van der Waals surface area contributed by atoms with Crippen molar-refractivity contribution in [3.05, 3.63) is 47.8 Å². The molecule has 0 spiro atoms. The van der Waals surface area contributed by atoms with Gasteiger partial charge in [-0.05, 0) is 74.5 Å². The van der Waals surface area contributed by atoms with Gasteiger partial charge in [-0.25, -0.2) is 9.50 Å². The summed E-state index contributed by atoms with van der Waals surface area (Å²) in [6.07, 6.45) is 4.53. The molecule has 2 aromatic heterocycles. The third-order valence-corrected chi connectivity index (χ3v) is 9.60. The van der Waals surface area contributed by atoms with Crippen LogP contribution in [0.3, 0.4) is 0 Å². The van der Waals surface area contributed by atoms with Crippen molar-refractivity contribution in [2.45, 2.75) is 50.2 Å². The predicted octanol–water partition coefficient (Wildman–Crippen LogP) is 5.15. The van der Waals surface area contributed by atoms with Gasteiger partial charge in [0, 0.05) is 37.3 Å². The van der Waals surface area contributed by atoms with Gasteiger partial charge in [0.2, 0.25) is 0 Å². The average molecular weight is 540 g/mol. The van der Waals surface area contributed by atoms with E-state index in [-0.39, 0.29) is 28.4 Å². The molecule has 5 fully saturated rings. The van der Waals surface area contributed by atoms with E-state index in [9.17, 15) is 18.0 Å². The van der Waals surface area contributed by atoms with E-state index in [4.69, 9.17) is 4.74 Å². The van der Waals surface area contributed by atoms with Crippen LogP contribution in [0.4, 0.5) is 13.2 Å². The zero-order valence-corrected chi connectivity index (χ0v) is 22.0. The van der Waals surface area contributed by atoms with Crippen molar-refractivity contribution in [2.24, 2.45) is 17.8 Å². The zero-order chi connectivity index (χ0) is 26.9. The van der Waals surface area contributed by atoms with Gasteiger partial charge in [-0.2, -0.15) is 18.3 Å². The molecule has 1 saturated heterocycles. The minimum absolute atomic E-state index is 0.0869. The first-order chi connectivity index (χ1) is 18.7. The predicted molar refractivity (Wildman–Crippen MR) is 138 cm³/mol. The maximum Gasteiger partial charge on any atom is 0.433 e. The Morgan fingerprint density at radius 1 is 1.00 bits per heavy atom. The number of alkyl halides is 3. The number of amides is 1. The molecule has 4 aliphatic carbocycles. The van der Waals surface area contributed by atoms with Crippen molar-refractivity contribution in [3.8, 4) is 17.0 Å². The number of rotatable bonds is 4. The Hall–Kier alpha value is -3.14. The molecule has 0 N–H and O–H groups in total. The molecule has 3 aromatic rings. The SMILES string of the molecule is COc1cccc(-c2cc(C(F)(F)F)n3ncc(C(=O)N4CCN(C56CC7CC(CC(C7)C5)C6)CC4)c3n2)c1. The molecule has 0 unspecified atom stereocenters. The Morgan fingerprint density at radius 2 is 1.67 bits per heavy atom. The molecule has 10 heteroatoms. The van der Waals surface area contributed by atoms with Crippen LogP contribution in [0.15, 0.2) is 36.5 Å². The number of piperazine rings is 1. The highest BCUT2D eigenvalue weighted by atomic mass is 19.4. The van der Waals surface area contributed by atoms with E-state index in [0.717, 1.165) is 41.4 Å². The lowest BCUT2D eigenvalue weighted by molar-refractivity contribution is -0.142. The highest BCUT2D eigenvalue weighted by Crippen LogP contribution is 2.57. The van der Waals surface area contributed by atoms with E-state index in [2.05, 4.69) is 15.0 Å². The lowest BCUT2D eigenvalue weighted by Crippen LogP contribution is -2.64. The highest BCUT2D eigenvalue weighted by Gasteiger charge is 2.53. The molecule has 5 aliphatic rings. The Bertz CT molecular complexity index is 1390. The molecular weight excluding hydrogens is 507 g/mol. The summed E-state index contributed by atoms with van der Waals surface area (Å²) < 4.78 is 48.2. The number of nitrogens with zero attached hydrogens (tertiary/aromatic N) is 5. The van der Waals surface area contributed by atoms with Gasteiger partial charge < -0.3 is 9.64 Å². The lowest BCUT2D eigenvalue weighted by Gasteiger charge is -2.61. The number of hydrogen-bond donors (Lipinski definition) is 0. The average Bonchev–Trinajstić information content (AvgIpc) is 3.35. The summed E-state index contributed by atoms with van der Waals surface area (Å²) in [5.74, 6) is 2.73. The van der Waals surface area contributed by atoms with Gasteiger partial charge in [-0.1, -0.05) is 12.1 Å². The fourth-order valence-electron chi connectivity index (χ4n) is 8.25. The van der Waals surface area contributed by atoms with E-state index < -0.39 is 11.9 Å². The summed E-state index contributed by atoms with van der Waals surface area (Å²) in [7, 11) is 1.49. The van der Waals surface area contributed by atoms with Gasteiger partial charge in [-0.15, -0.1) is 0 Å². The summed E-state index contributed by atoms with van der Waals surface area (Å²) in [6, 6.07) is 7.67. The monoisotopic (exact) mass is 539 g/mol. The second kappa shape index (κ2) is 8.94. The van der Waals surface area contributed by atoms with E-state index in [1.165, 1.54) is 51.8 Å². The second-order valence-electron chi connectivity index (χ2n) is 12.0. The number of hydrogen-bond acceptors (Lipinski definition) is 5. The number of carbonyl (C=O) groups is 1. The van der Waals surface area contributed by atoms with E-state index >= 15 is 0 Å². The fourth-order valence-corrected chi connectivity index (χ4v) is 8.25. The first kappa shape index (κ1) is 24.9. The van der Waals surface area contributed by atoms with Crippen LogP contribution in [0, 0.1) is 17.8 Å². The molecular formula is C29H32F3N5O2. The molecule has 0 atom stereocenters. The van der Waals surface area contributed by atoms with Crippen LogP contribution in [0.2, 0.25) is 0 Å². The van der Waals surface area contributed by atoms with Gasteiger partial charge >= 0.3 is 6.18 Å². The minimum Gasteiger partial charge on any atom is -0.497 e. The maximum absolute atomic E-state index is 14.1. The molecule has 0 radical (unpaired) electrons. The second-order valence-corrected chi connectivity index (χ2v) is 12.0. The standard InChI is InChI=1S/C29H32F3N5O2/c1-39-22-4-2-3-21(12-22)24-13-25(29(30,31)32)37-26(34-24)23(17-33-37)27(38)35-5-7-36(8-6-35)28-14-18-9-19(15-28)11-20(10-18)16-28/h2-4,12-13,17-20H,5-11,14-16H2,1H3. The van der Waals surface area contributed by atoms with Crippen molar-refractivity contribution < 1.29 is 22.7 Å². The number of methoxy groups -OCH3 is 1. The summed E-state index contributed by atoms with van der Waals surface area (Å²) in [4.78, 5) is 22.5.